The minimum absolute atomic E-state index is 0.0346. The smallest absolute Gasteiger partial charge is 0.238 e. The molecule has 4 rings (SSSR count). The predicted molar refractivity (Wildman–Crippen MR) is 88.8 cm³/mol. The molecule has 1 aromatic heterocycles. The number of fused-ring (bicyclic) bond motifs is 3. The Morgan fingerprint density at radius 1 is 1.22 bits per heavy atom. The maximum Gasteiger partial charge on any atom is 0.238 e. The summed E-state index contributed by atoms with van der Waals surface area (Å²) in [7, 11) is 1.58. The van der Waals surface area contributed by atoms with E-state index in [2.05, 4.69) is 4.98 Å². The van der Waals surface area contributed by atoms with Crippen molar-refractivity contribution >= 4 is 34.8 Å². The second-order valence-corrected chi connectivity index (χ2v) is 7.82. The quantitative estimate of drug-likeness (QED) is 0.745. The lowest BCUT2D eigenvalue weighted by Gasteiger charge is -2.30. The third-order valence-corrected chi connectivity index (χ3v) is 6.18. The topological polar surface area (TPSA) is 50.3 Å². The minimum Gasteiger partial charge on any atom is -0.285 e. The molecule has 2 aromatic rings. The minimum atomic E-state index is -0.386. The van der Waals surface area contributed by atoms with Gasteiger partial charge in [-0.05, 0) is 31.0 Å². The van der Waals surface area contributed by atoms with Gasteiger partial charge >= 0.3 is 0 Å². The monoisotopic (exact) mass is 346 g/mol. The average Bonchev–Trinajstić information content (AvgIpc) is 3.00. The van der Waals surface area contributed by atoms with Gasteiger partial charge in [0.1, 0.15) is 0 Å². The fourth-order valence-corrected chi connectivity index (χ4v) is 4.98. The number of imide groups is 1. The van der Waals surface area contributed by atoms with Gasteiger partial charge in [-0.25, -0.2) is 4.98 Å². The second-order valence-electron chi connectivity index (χ2n) is 6.14. The summed E-state index contributed by atoms with van der Waals surface area (Å²) in [6.45, 7) is 1.94. The number of amides is 2. The van der Waals surface area contributed by atoms with E-state index < -0.39 is 0 Å². The van der Waals surface area contributed by atoms with Crippen molar-refractivity contribution in [1.29, 1.82) is 0 Å². The molecule has 0 bridgehead atoms. The number of aromatic nitrogens is 1. The van der Waals surface area contributed by atoms with E-state index in [1.165, 1.54) is 4.90 Å². The number of carbonyl (C=O) groups excluding carboxylic acids is 2. The molecule has 118 valence electrons. The summed E-state index contributed by atoms with van der Waals surface area (Å²) < 4.78 is 0. The highest BCUT2D eigenvalue weighted by Gasteiger charge is 2.54. The SMILES string of the molecule is Cc1nc2c(s1)[C@H]1C(=O)N(C)C(=O)[C@H]1[C@H](c1ccc(Cl)cc1)C2. The summed E-state index contributed by atoms with van der Waals surface area (Å²) in [6, 6.07) is 7.56. The van der Waals surface area contributed by atoms with Crippen molar-refractivity contribution < 1.29 is 9.59 Å². The highest BCUT2D eigenvalue weighted by atomic mass is 35.5. The molecule has 6 heteroatoms. The number of aryl methyl sites for hydroxylation is 1. The van der Waals surface area contributed by atoms with Gasteiger partial charge in [-0.1, -0.05) is 23.7 Å². The van der Waals surface area contributed by atoms with Gasteiger partial charge in [-0.15, -0.1) is 11.3 Å². The first-order valence-electron chi connectivity index (χ1n) is 7.50. The Morgan fingerprint density at radius 3 is 2.61 bits per heavy atom. The number of carbonyl (C=O) groups is 2. The predicted octanol–water partition coefficient (Wildman–Crippen LogP) is 3.14. The molecule has 0 unspecified atom stereocenters. The van der Waals surface area contributed by atoms with Crippen molar-refractivity contribution in [3.63, 3.8) is 0 Å². The van der Waals surface area contributed by atoms with Crippen LogP contribution in [0.15, 0.2) is 24.3 Å². The third kappa shape index (κ3) is 2.14. The molecular formula is C17H15ClN2O2S. The van der Waals surface area contributed by atoms with Gasteiger partial charge in [0.25, 0.3) is 0 Å². The van der Waals surface area contributed by atoms with Gasteiger partial charge in [-0.3, -0.25) is 14.5 Å². The van der Waals surface area contributed by atoms with E-state index in [1.807, 2.05) is 31.2 Å². The largest absolute Gasteiger partial charge is 0.285 e. The zero-order valence-corrected chi connectivity index (χ0v) is 14.3. The van der Waals surface area contributed by atoms with E-state index in [0.29, 0.717) is 11.4 Å². The Bertz CT molecular complexity index is 815. The standard InChI is InChI=1S/C17H15ClN2O2S/c1-8-19-12-7-11(9-3-5-10(18)6-4-9)13-14(15(12)23-8)17(22)20(2)16(13)21/h3-6,11,13-14H,7H2,1-2H3/t11-,13-,14-/m0/s1. The summed E-state index contributed by atoms with van der Waals surface area (Å²) in [5, 5.41) is 1.61. The molecule has 23 heavy (non-hydrogen) atoms. The normalized spacial score (nSPS) is 26.4. The molecule has 1 aliphatic heterocycles. The molecule has 2 aliphatic rings. The van der Waals surface area contributed by atoms with Crippen LogP contribution in [0.2, 0.25) is 5.02 Å². The Balaban J connectivity index is 1.86. The lowest BCUT2D eigenvalue weighted by Crippen LogP contribution is -2.30. The maximum atomic E-state index is 12.7. The molecule has 2 amide bonds. The first-order valence-corrected chi connectivity index (χ1v) is 8.70. The Morgan fingerprint density at radius 2 is 1.91 bits per heavy atom. The Labute approximate surface area is 143 Å². The summed E-state index contributed by atoms with van der Waals surface area (Å²) in [5.74, 6) is -0.947. The first kappa shape index (κ1) is 14.8. The zero-order chi connectivity index (χ0) is 16.3. The lowest BCUT2D eigenvalue weighted by molar-refractivity contribution is -0.137. The molecule has 1 fully saturated rings. The molecule has 1 saturated heterocycles. The van der Waals surface area contributed by atoms with Crippen LogP contribution in [0.5, 0.6) is 0 Å². The first-order chi connectivity index (χ1) is 11.0. The number of likely N-dealkylation sites (tertiary alicyclic amines) is 1. The number of rotatable bonds is 1. The number of likely N-dealkylation sites (N-methyl/N-ethyl adjacent to an activating group) is 1. The molecule has 3 atom stereocenters. The van der Waals surface area contributed by atoms with E-state index >= 15 is 0 Å². The number of thiazole rings is 1. The number of benzene rings is 1. The third-order valence-electron chi connectivity index (χ3n) is 4.83. The number of hydrogen-bond donors (Lipinski definition) is 0. The van der Waals surface area contributed by atoms with Gasteiger partial charge in [0, 0.05) is 22.9 Å². The number of nitrogens with zero attached hydrogens (tertiary/aromatic N) is 2. The average molecular weight is 347 g/mol. The van der Waals surface area contributed by atoms with Crippen molar-refractivity contribution in [3.8, 4) is 0 Å². The summed E-state index contributed by atoms with van der Waals surface area (Å²) in [5.41, 5.74) is 2.00. The molecule has 0 saturated carbocycles. The van der Waals surface area contributed by atoms with Crippen molar-refractivity contribution in [2.45, 2.75) is 25.2 Å². The highest BCUT2D eigenvalue weighted by Crippen LogP contribution is 2.50. The molecule has 1 aliphatic carbocycles. The summed E-state index contributed by atoms with van der Waals surface area (Å²) >= 11 is 7.52. The van der Waals surface area contributed by atoms with Gasteiger partial charge in [-0.2, -0.15) is 0 Å². The van der Waals surface area contributed by atoms with Crippen LogP contribution in [0.4, 0.5) is 0 Å². The maximum absolute atomic E-state index is 12.7. The van der Waals surface area contributed by atoms with Crippen LogP contribution in [-0.2, 0) is 16.0 Å². The van der Waals surface area contributed by atoms with Crippen molar-refractivity contribution in [2.24, 2.45) is 5.92 Å². The number of hydrogen-bond acceptors (Lipinski definition) is 4. The highest BCUT2D eigenvalue weighted by molar-refractivity contribution is 7.12. The number of halogens is 1. The van der Waals surface area contributed by atoms with E-state index in [9.17, 15) is 9.59 Å². The lowest BCUT2D eigenvalue weighted by atomic mass is 9.72. The zero-order valence-electron chi connectivity index (χ0n) is 12.7. The van der Waals surface area contributed by atoms with Crippen molar-refractivity contribution in [1.82, 2.24) is 9.88 Å². The van der Waals surface area contributed by atoms with E-state index in [-0.39, 0.29) is 29.6 Å². The second kappa shape index (κ2) is 5.14. The fourth-order valence-electron chi connectivity index (χ4n) is 3.76. The van der Waals surface area contributed by atoms with Gasteiger partial charge in [0.15, 0.2) is 0 Å². The van der Waals surface area contributed by atoms with Crippen LogP contribution in [-0.4, -0.2) is 28.7 Å². The molecular weight excluding hydrogens is 332 g/mol. The molecule has 4 nitrogen and oxygen atoms in total. The summed E-state index contributed by atoms with van der Waals surface area (Å²) in [4.78, 5) is 32.1. The molecule has 0 radical (unpaired) electrons. The van der Waals surface area contributed by atoms with E-state index in [1.54, 1.807) is 18.4 Å². The van der Waals surface area contributed by atoms with Gasteiger partial charge < -0.3 is 0 Å². The van der Waals surface area contributed by atoms with Crippen LogP contribution in [0.1, 0.15) is 33.0 Å². The van der Waals surface area contributed by atoms with Crippen LogP contribution in [0, 0.1) is 12.8 Å². The Hall–Kier alpha value is -1.72. The fraction of sp³-hybridized carbons (Fsp3) is 0.353. The van der Waals surface area contributed by atoms with Crippen LogP contribution >= 0.6 is 22.9 Å². The molecule has 1 aromatic carbocycles. The van der Waals surface area contributed by atoms with E-state index in [0.717, 1.165) is 21.1 Å². The van der Waals surface area contributed by atoms with Crippen molar-refractivity contribution in [2.75, 3.05) is 7.05 Å². The molecule has 0 N–H and O–H groups in total. The van der Waals surface area contributed by atoms with E-state index in [4.69, 9.17) is 11.6 Å². The Kier molecular flexibility index (Phi) is 3.32. The van der Waals surface area contributed by atoms with Gasteiger partial charge in [0.2, 0.25) is 11.8 Å². The van der Waals surface area contributed by atoms with Crippen LogP contribution in [0.3, 0.4) is 0 Å². The molecule has 2 heterocycles. The van der Waals surface area contributed by atoms with Crippen LogP contribution in [0.25, 0.3) is 0 Å². The van der Waals surface area contributed by atoms with Crippen LogP contribution < -0.4 is 0 Å². The molecule has 0 spiro atoms. The van der Waals surface area contributed by atoms with Gasteiger partial charge in [0.05, 0.1) is 22.5 Å². The summed E-state index contributed by atoms with van der Waals surface area (Å²) in [6.07, 6.45) is 0.690. The van der Waals surface area contributed by atoms with Crippen molar-refractivity contribution in [3.05, 3.63) is 50.4 Å².